The highest BCUT2D eigenvalue weighted by atomic mass is 16.3. The molecule has 1 saturated carbocycles. The fourth-order valence-corrected chi connectivity index (χ4v) is 2.26. The molecular formula is C9H15NO2. The molecular weight excluding hydrogens is 154 g/mol. The molecule has 2 fully saturated rings. The second-order valence-electron chi connectivity index (χ2n) is 3.77. The molecule has 12 heavy (non-hydrogen) atoms. The van der Waals surface area contributed by atoms with Gasteiger partial charge in [-0.05, 0) is 19.3 Å². The van der Waals surface area contributed by atoms with Crippen LogP contribution in [0.5, 0.6) is 0 Å². The average Bonchev–Trinajstić information content (AvgIpc) is 2.64. The van der Waals surface area contributed by atoms with Gasteiger partial charge >= 0.3 is 0 Å². The van der Waals surface area contributed by atoms with Gasteiger partial charge in [-0.2, -0.15) is 0 Å². The first-order valence-electron chi connectivity index (χ1n) is 4.77. The van der Waals surface area contributed by atoms with Crippen molar-refractivity contribution in [1.29, 1.82) is 0 Å². The highest BCUT2D eigenvalue weighted by molar-refractivity contribution is 5.83. The highest BCUT2D eigenvalue weighted by Crippen LogP contribution is 2.26. The van der Waals surface area contributed by atoms with Crippen molar-refractivity contribution < 1.29 is 9.90 Å². The lowest BCUT2D eigenvalue weighted by molar-refractivity contribution is -0.136. The lowest BCUT2D eigenvalue weighted by Gasteiger charge is -2.23. The number of hydrogen-bond acceptors (Lipinski definition) is 2. The van der Waals surface area contributed by atoms with Gasteiger partial charge in [-0.25, -0.2) is 0 Å². The number of carbonyl (C=O) groups excluding carboxylic acids is 1. The van der Waals surface area contributed by atoms with Crippen molar-refractivity contribution in [3.8, 4) is 0 Å². The van der Waals surface area contributed by atoms with E-state index in [1.165, 1.54) is 12.8 Å². The Bertz CT molecular complexity index is 187. The zero-order chi connectivity index (χ0) is 8.55. The molecule has 3 nitrogen and oxygen atoms in total. The van der Waals surface area contributed by atoms with Crippen LogP contribution in [0.4, 0.5) is 0 Å². The lowest BCUT2D eigenvalue weighted by Crippen LogP contribution is -2.36. The molecule has 0 aromatic carbocycles. The van der Waals surface area contributed by atoms with E-state index < -0.39 is 6.10 Å². The Morgan fingerprint density at radius 3 is 2.42 bits per heavy atom. The van der Waals surface area contributed by atoms with E-state index in [2.05, 4.69) is 0 Å². The smallest absolute Gasteiger partial charge is 0.251 e. The summed E-state index contributed by atoms with van der Waals surface area (Å²) in [4.78, 5) is 13.2. The number of aliphatic hydroxyl groups excluding tert-OH is 1. The summed E-state index contributed by atoms with van der Waals surface area (Å²) in [6.07, 6.45) is 4.69. The summed E-state index contributed by atoms with van der Waals surface area (Å²) in [7, 11) is 0. The van der Waals surface area contributed by atoms with Crippen LogP contribution in [0.1, 0.15) is 32.1 Å². The summed E-state index contributed by atoms with van der Waals surface area (Å²) >= 11 is 0. The summed E-state index contributed by atoms with van der Waals surface area (Å²) in [5.41, 5.74) is 0. The van der Waals surface area contributed by atoms with Gasteiger partial charge in [0.25, 0.3) is 5.91 Å². The second-order valence-corrected chi connectivity index (χ2v) is 3.77. The predicted octanol–water partition coefficient (Wildman–Crippen LogP) is 0.522. The number of hydrogen-bond donors (Lipinski definition) is 1. The van der Waals surface area contributed by atoms with E-state index in [1.807, 2.05) is 4.90 Å². The first kappa shape index (κ1) is 8.05. The van der Waals surface area contributed by atoms with Gasteiger partial charge < -0.3 is 10.0 Å². The Balaban J connectivity index is 1.99. The number of amides is 1. The van der Waals surface area contributed by atoms with Crippen LogP contribution in [0, 0.1) is 0 Å². The highest BCUT2D eigenvalue weighted by Gasteiger charge is 2.35. The minimum atomic E-state index is -0.703. The SMILES string of the molecule is O=C1C(O)CCN1C1CCCC1. The largest absolute Gasteiger partial charge is 0.383 e. The molecule has 0 radical (unpaired) electrons. The van der Waals surface area contributed by atoms with Gasteiger partial charge in [0, 0.05) is 12.6 Å². The van der Waals surface area contributed by atoms with E-state index in [4.69, 9.17) is 0 Å². The van der Waals surface area contributed by atoms with Crippen molar-refractivity contribution in [2.45, 2.75) is 44.2 Å². The first-order valence-corrected chi connectivity index (χ1v) is 4.77. The molecule has 2 aliphatic rings. The van der Waals surface area contributed by atoms with Gasteiger partial charge in [0.1, 0.15) is 6.10 Å². The molecule has 1 amide bonds. The van der Waals surface area contributed by atoms with Crippen LogP contribution < -0.4 is 0 Å². The number of carbonyl (C=O) groups is 1. The van der Waals surface area contributed by atoms with Gasteiger partial charge in [0.2, 0.25) is 0 Å². The van der Waals surface area contributed by atoms with Gasteiger partial charge in [-0.15, -0.1) is 0 Å². The molecule has 1 N–H and O–H groups in total. The molecule has 0 bridgehead atoms. The molecule has 0 spiro atoms. The van der Waals surface area contributed by atoms with Crippen LogP contribution in [-0.4, -0.2) is 34.6 Å². The topological polar surface area (TPSA) is 40.5 Å². The fourth-order valence-electron chi connectivity index (χ4n) is 2.26. The molecule has 2 rings (SSSR count). The van der Waals surface area contributed by atoms with E-state index in [0.717, 1.165) is 19.4 Å². The van der Waals surface area contributed by atoms with Crippen LogP contribution in [0.15, 0.2) is 0 Å². The van der Waals surface area contributed by atoms with Crippen molar-refractivity contribution in [1.82, 2.24) is 4.90 Å². The molecule has 3 heteroatoms. The van der Waals surface area contributed by atoms with E-state index in [9.17, 15) is 9.90 Å². The Morgan fingerprint density at radius 1 is 1.25 bits per heavy atom. The number of likely N-dealkylation sites (tertiary alicyclic amines) is 1. The fraction of sp³-hybridized carbons (Fsp3) is 0.889. The zero-order valence-corrected chi connectivity index (χ0v) is 7.20. The number of rotatable bonds is 1. The van der Waals surface area contributed by atoms with Gasteiger partial charge in [0.15, 0.2) is 0 Å². The van der Waals surface area contributed by atoms with Crippen molar-refractivity contribution in [2.24, 2.45) is 0 Å². The summed E-state index contributed by atoms with van der Waals surface area (Å²) < 4.78 is 0. The molecule has 1 saturated heterocycles. The van der Waals surface area contributed by atoms with Crippen molar-refractivity contribution in [3.63, 3.8) is 0 Å². The van der Waals surface area contributed by atoms with E-state index >= 15 is 0 Å². The third kappa shape index (κ3) is 1.22. The molecule has 1 aliphatic heterocycles. The zero-order valence-electron chi connectivity index (χ0n) is 7.20. The standard InChI is InChI=1S/C9H15NO2/c11-8-5-6-10(9(8)12)7-3-1-2-4-7/h7-8,11H,1-6H2. The Hall–Kier alpha value is -0.570. The quantitative estimate of drug-likeness (QED) is 0.621. The van der Waals surface area contributed by atoms with Crippen molar-refractivity contribution in [2.75, 3.05) is 6.54 Å². The van der Waals surface area contributed by atoms with Crippen LogP contribution >= 0.6 is 0 Å². The third-order valence-corrected chi connectivity index (χ3v) is 2.98. The van der Waals surface area contributed by atoms with E-state index in [0.29, 0.717) is 12.5 Å². The summed E-state index contributed by atoms with van der Waals surface area (Å²) in [6, 6.07) is 0.439. The molecule has 0 aromatic heterocycles. The maximum absolute atomic E-state index is 11.4. The minimum Gasteiger partial charge on any atom is -0.383 e. The van der Waals surface area contributed by atoms with Crippen LogP contribution in [0.3, 0.4) is 0 Å². The van der Waals surface area contributed by atoms with Crippen LogP contribution in [-0.2, 0) is 4.79 Å². The first-order chi connectivity index (χ1) is 5.79. The van der Waals surface area contributed by atoms with Crippen molar-refractivity contribution in [3.05, 3.63) is 0 Å². The van der Waals surface area contributed by atoms with Gasteiger partial charge in [-0.3, -0.25) is 4.79 Å². The van der Waals surface area contributed by atoms with Gasteiger partial charge in [0.05, 0.1) is 0 Å². The molecule has 1 unspecified atom stereocenters. The maximum atomic E-state index is 11.4. The summed E-state index contributed by atoms with van der Waals surface area (Å²) in [6.45, 7) is 0.769. The third-order valence-electron chi connectivity index (χ3n) is 2.98. The van der Waals surface area contributed by atoms with E-state index in [1.54, 1.807) is 0 Å². The van der Waals surface area contributed by atoms with E-state index in [-0.39, 0.29) is 5.91 Å². The summed E-state index contributed by atoms with van der Waals surface area (Å²) in [5.74, 6) is -0.0399. The lowest BCUT2D eigenvalue weighted by atomic mass is 10.2. The molecule has 1 heterocycles. The molecule has 68 valence electrons. The number of aliphatic hydroxyl groups is 1. The monoisotopic (exact) mass is 169 g/mol. The van der Waals surface area contributed by atoms with Gasteiger partial charge in [-0.1, -0.05) is 12.8 Å². The van der Waals surface area contributed by atoms with Crippen molar-refractivity contribution >= 4 is 5.91 Å². The molecule has 1 aliphatic carbocycles. The Labute approximate surface area is 72.4 Å². The maximum Gasteiger partial charge on any atom is 0.251 e. The minimum absolute atomic E-state index is 0.0399. The molecule has 1 atom stereocenters. The van der Waals surface area contributed by atoms with Crippen LogP contribution in [0.2, 0.25) is 0 Å². The normalized spacial score (nSPS) is 31.9. The number of nitrogens with zero attached hydrogens (tertiary/aromatic N) is 1. The summed E-state index contributed by atoms with van der Waals surface area (Å²) in [5, 5.41) is 9.24. The Kier molecular flexibility index (Phi) is 2.05. The Morgan fingerprint density at radius 2 is 1.92 bits per heavy atom. The average molecular weight is 169 g/mol. The molecule has 0 aromatic rings. The predicted molar refractivity (Wildman–Crippen MR) is 44.6 cm³/mol. The second kappa shape index (κ2) is 3.05. The van der Waals surface area contributed by atoms with Crippen LogP contribution in [0.25, 0.3) is 0 Å².